The van der Waals surface area contributed by atoms with Gasteiger partial charge in [-0.25, -0.2) is 19.7 Å². The number of halogens is 3. The average molecular weight is 632 g/mol. The van der Waals surface area contributed by atoms with Gasteiger partial charge in [-0.2, -0.15) is 13.2 Å². The SMILES string of the molecule is Cc1ccncc1-c1ccc(C(F)(F)F)cc1NC(=O)Nc1cnc(Oc2ccc(-c3cnc(N4CCCC4=O)s3)cc2)nc1. The summed E-state index contributed by atoms with van der Waals surface area (Å²) in [5, 5.41) is 5.71. The number of benzene rings is 2. The molecule has 1 aliphatic heterocycles. The number of hydrogen-bond donors (Lipinski definition) is 2. The van der Waals surface area contributed by atoms with Gasteiger partial charge in [-0.15, -0.1) is 0 Å². The van der Waals surface area contributed by atoms with Crippen LogP contribution in [0.4, 0.5) is 34.5 Å². The molecule has 1 aliphatic rings. The maximum absolute atomic E-state index is 13.4. The fourth-order valence-corrected chi connectivity index (χ4v) is 5.65. The molecule has 0 aliphatic carbocycles. The second-order valence-corrected chi connectivity index (χ2v) is 11.1. The van der Waals surface area contributed by atoms with Crippen LogP contribution >= 0.6 is 11.3 Å². The number of nitrogens with zero attached hydrogens (tertiary/aromatic N) is 5. The largest absolute Gasteiger partial charge is 0.424 e. The van der Waals surface area contributed by atoms with E-state index >= 15 is 0 Å². The van der Waals surface area contributed by atoms with Crippen LogP contribution in [0.5, 0.6) is 11.8 Å². The molecule has 0 radical (unpaired) electrons. The molecule has 14 heteroatoms. The van der Waals surface area contributed by atoms with E-state index in [9.17, 15) is 22.8 Å². The third kappa shape index (κ3) is 6.75. The molecule has 3 aromatic heterocycles. The number of thiazole rings is 1. The lowest BCUT2D eigenvalue weighted by Gasteiger charge is -2.16. The highest BCUT2D eigenvalue weighted by Gasteiger charge is 2.31. The summed E-state index contributed by atoms with van der Waals surface area (Å²) in [6, 6.07) is 11.3. The van der Waals surface area contributed by atoms with Gasteiger partial charge >= 0.3 is 18.2 Å². The number of carbonyl (C=O) groups excluding carboxylic acids is 2. The molecule has 45 heavy (non-hydrogen) atoms. The lowest BCUT2D eigenvalue weighted by molar-refractivity contribution is -0.137. The maximum Gasteiger partial charge on any atom is 0.416 e. The molecule has 6 rings (SSSR count). The van der Waals surface area contributed by atoms with Crippen molar-refractivity contribution in [1.29, 1.82) is 0 Å². The highest BCUT2D eigenvalue weighted by Crippen LogP contribution is 2.37. The quantitative estimate of drug-likeness (QED) is 0.190. The Morgan fingerprint density at radius 3 is 2.42 bits per heavy atom. The number of hydrogen-bond acceptors (Lipinski definition) is 8. The first-order chi connectivity index (χ1) is 21.6. The predicted molar refractivity (Wildman–Crippen MR) is 163 cm³/mol. The Labute approximate surface area is 259 Å². The fourth-order valence-electron chi connectivity index (χ4n) is 4.69. The van der Waals surface area contributed by atoms with Crippen LogP contribution in [0.2, 0.25) is 0 Å². The third-order valence-corrected chi connectivity index (χ3v) is 8.03. The van der Waals surface area contributed by atoms with Crippen LogP contribution in [0.25, 0.3) is 21.6 Å². The van der Waals surface area contributed by atoms with Crippen molar-refractivity contribution in [2.45, 2.75) is 25.9 Å². The molecule has 2 aromatic carbocycles. The standard InChI is InChI=1S/C31H24F3N7O3S/c1-18-10-11-35-16-24(18)23-9-6-20(31(32,33)34)13-25(23)40-28(43)39-21-14-36-29(37-15-21)44-22-7-4-19(5-8-22)26-17-38-30(45-26)41-12-2-3-27(41)42/h4-11,13-17H,2-3,12H2,1H3,(H2,39,40,43). The number of anilines is 3. The number of carbonyl (C=O) groups is 2. The molecule has 0 atom stereocenters. The molecule has 228 valence electrons. The Morgan fingerprint density at radius 2 is 1.73 bits per heavy atom. The van der Waals surface area contributed by atoms with Crippen molar-refractivity contribution in [3.63, 3.8) is 0 Å². The first-order valence-electron chi connectivity index (χ1n) is 13.7. The van der Waals surface area contributed by atoms with Gasteiger partial charge in [0, 0.05) is 42.7 Å². The van der Waals surface area contributed by atoms with E-state index in [0.717, 1.165) is 34.6 Å². The minimum Gasteiger partial charge on any atom is -0.424 e. The van der Waals surface area contributed by atoms with Crippen molar-refractivity contribution in [1.82, 2.24) is 19.9 Å². The van der Waals surface area contributed by atoms with Crippen LogP contribution in [0, 0.1) is 6.92 Å². The number of pyridine rings is 1. The fraction of sp³-hybridized carbons (Fsp3) is 0.161. The topological polar surface area (TPSA) is 122 Å². The summed E-state index contributed by atoms with van der Waals surface area (Å²) in [5.41, 5.74) is 1.89. The molecule has 0 saturated carbocycles. The summed E-state index contributed by atoms with van der Waals surface area (Å²) in [5.74, 6) is 0.557. The van der Waals surface area contributed by atoms with Gasteiger partial charge in [0.1, 0.15) is 5.75 Å². The molecule has 10 nitrogen and oxygen atoms in total. The van der Waals surface area contributed by atoms with Gasteiger partial charge in [0.05, 0.1) is 34.2 Å². The van der Waals surface area contributed by atoms with Gasteiger partial charge in [-0.3, -0.25) is 14.7 Å². The molecule has 2 N–H and O–H groups in total. The molecule has 1 fully saturated rings. The second-order valence-electron chi connectivity index (χ2n) is 10.1. The molecule has 4 heterocycles. The zero-order chi connectivity index (χ0) is 31.6. The molecule has 0 unspecified atom stereocenters. The van der Waals surface area contributed by atoms with Crippen molar-refractivity contribution in [2.75, 3.05) is 22.1 Å². The molecular weight excluding hydrogens is 607 g/mol. The van der Waals surface area contributed by atoms with E-state index in [2.05, 4.69) is 30.6 Å². The van der Waals surface area contributed by atoms with Crippen molar-refractivity contribution in [3.05, 3.63) is 90.6 Å². The molecular formula is C31H24F3N7O3S. The maximum atomic E-state index is 13.4. The Kier molecular flexibility index (Phi) is 8.13. The zero-order valence-corrected chi connectivity index (χ0v) is 24.4. The van der Waals surface area contributed by atoms with E-state index in [1.807, 2.05) is 12.1 Å². The summed E-state index contributed by atoms with van der Waals surface area (Å²) < 4.78 is 46.0. The van der Waals surface area contributed by atoms with Gasteiger partial charge in [-0.1, -0.05) is 17.4 Å². The van der Waals surface area contributed by atoms with Crippen molar-refractivity contribution >= 4 is 39.8 Å². The molecule has 5 aromatic rings. The summed E-state index contributed by atoms with van der Waals surface area (Å²) in [7, 11) is 0. The third-order valence-electron chi connectivity index (χ3n) is 6.96. The summed E-state index contributed by atoms with van der Waals surface area (Å²) >= 11 is 1.44. The number of ether oxygens (including phenoxy) is 1. The smallest absolute Gasteiger partial charge is 0.416 e. The summed E-state index contributed by atoms with van der Waals surface area (Å²) in [6.07, 6.45) is 4.23. The minimum absolute atomic E-state index is 0.0218. The lowest BCUT2D eigenvalue weighted by atomic mass is 9.99. The average Bonchev–Trinajstić information content (AvgIpc) is 3.68. The van der Waals surface area contributed by atoms with E-state index < -0.39 is 17.8 Å². The number of urea groups is 1. The van der Waals surface area contributed by atoms with Crippen LogP contribution in [-0.2, 0) is 11.0 Å². The summed E-state index contributed by atoms with van der Waals surface area (Å²) in [6.45, 7) is 2.48. The van der Waals surface area contributed by atoms with E-state index in [1.165, 1.54) is 36.0 Å². The van der Waals surface area contributed by atoms with Gasteiger partial charge in [0.2, 0.25) is 5.91 Å². The first-order valence-corrected chi connectivity index (χ1v) is 14.5. The van der Waals surface area contributed by atoms with E-state index in [-0.39, 0.29) is 23.3 Å². The van der Waals surface area contributed by atoms with E-state index in [1.54, 1.807) is 42.4 Å². The highest BCUT2D eigenvalue weighted by atomic mass is 32.1. The monoisotopic (exact) mass is 631 g/mol. The van der Waals surface area contributed by atoms with E-state index in [4.69, 9.17) is 4.74 Å². The Balaban J connectivity index is 1.10. The molecule has 0 spiro atoms. The molecule has 0 bridgehead atoms. The Morgan fingerprint density at radius 1 is 0.956 bits per heavy atom. The number of aromatic nitrogens is 4. The van der Waals surface area contributed by atoms with Gasteiger partial charge in [0.15, 0.2) is 5.13 Å². The van der Waals surface area contributed by atoms with Gasteiger partial charge in [-0.05, 0) is 66.9 Å². The first kappa shape index (κ1) is 29.7. The number of amides is 3. The van der Waals surface area contributed by atoms with Crippen LogP contribution < -0.4 is 20.3 Å². The van der Waals surface area contributed by atoms with E-state index in [0.29, 0.717) is 35.0 Å². The zero-order valence-electron chi connectivity index (χ0n) is 23.6. The lowest BCUT2D eigenvalue weighted by Crippen LogP contribution is -2.23. The van der Waals surface area contributed by atoms with Crippen molar-refractivity contribution in [3.8, 4) is 33.3 Å². The van der Waals surface area contributed by atoms with Crippen LogP contribution in [-0.4, -0.2) is 38.4 Å². The van der Waals surface area contributed by atoms with Gasteiger partial charge < -0.3 is 15.4 Å². The Bertz CT molecular complexity index is 1860. The number of aryl methyl sites for hydroxylation is 1. The normalized spacial score (nSPS) is 13.2. The highest BCUT2D eigenvalue weighted by molar-refractivity contribution is 7.19. The van der Waals surface area contributed by atoms with Crippen molar-refractivity contribution < 1.29 is 27.5 Å². The minimum atomic E-state index is -4.60. The second kappa shape index (κ2) is 12.3. The number of rotatable bonds is 7. The van der Waals surface area contributed by atoms with Crippen LogP contribution in [0.3, 0.4) is 0 Å². The molecule has 3 amide bonds. The predicted octanol–water partition coefficient (Wildman–Crippen LogP) is 7.55. The number of alkyl halides is 3. The number of nitrogens with one attached hydrogen (secondary N) is 2. The molecule has 1 saturated heterocycles. The van der Waals surface area contributed by atoms with Crippen LogP contribution in [0.1, 0.15) is 24.0 Å². The summed E-state index contributed by atoms with van der Waals surface area (Å²) in [4.78, 5) is 44.1. The van der Waals surface area contributed by atoms with Crippen molar-refractivity contribution in [2.24, 2.45) is 0 Å². The van der Waals surface area contributed by atoms with Gasteiger partial charge in [0.25, 0.3) is 0 Å². The Hall–Kier alpha value is -5.37. The van der Waals surface area contributed by atoms with Crippen LogP contribution in [0.15, 0.2) is 79.5 Å².